The highest BCUT2D eigenvalue weighted by Gasteiger charge is 2.13. The molecule has 4 aromatic rings. The van der Waals surface area contributed by atoms with E-state index in [0.29, 0.717) is 11.1 Å². The van der Waals surface area contributed by atoms with Gasteiger partial charge in [0.05, 0.1) is 0 Å². The first-order valence-electron chi connectivity index (χ1n) is 8.79. The van der Waals surface area contributed by atoms with Gasteiger partial charge in [0.2, 0.25) is 0 Å². The lowest BCUT2D eigenvalue weighted by atomic mass is 10.1. The molecule has 0 saturated heterocycles. The molecule has 144 valence electrons. The standard InChI is InChI=1S/C24H14F4S/c25-19-11-9-15(13-21(19)27)17-5-1-3-7-23(17)29-24-8-4-2-6-18(24)16-10-12-20(26)22(28)14-16/h1-14H. The Hall–Kier alpha value is -3.05. The van der Waals surface area contributed by atoms with E-state index < -0.39 is 23.3 Å². The van der Waals surface area contributed by atoms with Crippen molar-refractivity contribution in [3.63, 3.8) is 0 Å². The van der Waals surface area contributed by atoms with Gasteiger partial charge in [0.15, 0.2) is 23.3 Å². The highest BCUT2D eigenvalue weighted by molar-refractivity contribution is 7.99. The molecule has 29 heavy (non-hydrogen) atoms. The lowest BCUT2D eigenvalue weighted by Crippen LogP contribution is -1.89. The quantitative estimate of drug-likeness (QED) is 0.310. The average molecular weight is 410 g/mol. The first-order valence-corrected chi connectivity index (χ1v) is 9.61. The second-order valence-corrected chi connectivity index (χ2v) is 7.44. The van der Waals surface area contributed by atoms with E-state index in [1.165, 1.54) is 23.9 Å². The van der Waals surface area contributed by atoms with Gasteiger partial charge in [-0.3, -0.25) is 0 Å². The van der Waals surface area contributed by atoms with Crippen LogP contribution >= 0.6 is 11.8 Å². The molecular weight excluding hydrogens is 396 g/mol. The molecule has 4 rings (SSSR count). The van der Waals surface area contributed by atoms with Gasteiger partial charge < -0.3 is 0 Å². The Bertz CT molecular complexity index is 1090. The summed E-state index contributed by atoms with van der Waals surface area (Å²) in [4.78, 5) is 1.65. The SMILES string of the molecule is Fc1ccc(-c2ccccc2Sc2ccccc2-c2ccc(F)c(F)c2)cc1F. The molecule has 0 N–H and O–H groups in total. The van der Waals surface area contributed by atoms with Gasteiger partial charge in [-0.05, 0) is 58.7 Å². The van der Waals surface area contributed by atoms with Crippen LogP contribution in [-0.4, -0.2) is 0 Å². The van der Waals surface area contributed by atoms with Gasteiger partial charge in [-0.2, -0.15) is 0 Å². The molecule has 0 radical (unpaired) electrons. The highest BCUT2D eigenvalue weighted by Crippen LogP contribution is 2.40. The molecule has 0 aliphatic heterocycles. The fourth-order valence-electron chi connectivity index (χ4n) is 3.03. The summed E-state index contributed by atoms with van der Waals surface area (Å²) in [6, 6.07) is 22.3. The zero-order chi connectivity index (χ0) is 20.4. The molecule has 0 aliphatic rings. The van der Waals surface area contributed by atoms with Gasteiger partial charge in [-0.25, -0.2) is 17.6 Å². The molecule has 0 bridgehead atoms. The molecule has 0 aliphatic carbocycles. The van der Waals surface area contributed by atoms with Crippen LogP contribution in [0.2, 0.25) is 0 Å². The van der Waals surface area contributed by atoms with Crippen LogP contribution in [0, 0.1) is 23.3 Å². The molecule has 0 amide bonds. The molecule has 0 nitrogen and oxygen atoms in total. The maximum atomic E-state index is 13.7. The molecule has 4 aromatic carbocycles. The first-order chi connectivity index (χ1) is 14.0. The van der Waals surface area contributed by atoms with Gasteiger partial charge in [0.25, 0.3) is 0 Å². The third-order valence-corrected chi connectivity index (χ3v) is 5.61. The van der Waals surface area contributed by atoms with Crippen molar-refractivity contribution in [3.8, 4) is 22.3 Å². The van der Waals surface area contributed by atoms with Crippen molar-refractivity contribution in [1.29, 1.82) is 0 Å². The van der Waals surface area contributed by atoms with E-state index in [2.05, 4.69) is 0 Å². The Morgan fingerprint density at radius 2 is 0.862 bits per heavy atom. The summed E-state index contributed by atoms with van der Waals surface area (Å²) in [5.41, 5.74) is 2.60. The van der Waals surface area contributed by atoms with Crippen LogP contribution in [0.3, 0.4) is 0 Å². The molecule has 0 spiro atoms. The van der Waals surface area contributed by atoms with Crippen LogP contribution in [0.5, 0.6) is 0 Å². The monoisotopic (exact) mass is 410 g/mol. The molecule has 0 fully saturated rings. The lowest BCUT2D eigenvalue weighted by molar-refractivity contribution is 0.509. The van der Waals surface area contributed by atoms with Crippen molar-refractivity contribution >= 4 is 11.8 Å². The smallest absolute Gasteiger partial charge is 0.159 e. The molecule has 0 saturated carbocycles. The molecule has 0 atom stereocenters. The van der Waals surface area contributed by atoms with Gasteiger partial charge in [0, 0.05) is 9.79 Å². The largest absolute Gasteiger partial charge is 0.204 e. The average Bonchev–Trinajstić information content (AvgIpc) is 2.73. The zero-order valence-electron chi connectivity index (χ0n) is 15.0. The molecular formula is C24H14F4S. The van der Waals surface area contributed by atoms with E-state index in [4.69, 9.17) is 0 Å². The summed E-state index contributed by atoms with van der Waals surface area (Å²) in [5, 5.41) is 0. The van der Waals surface area contributed by atoms with Crippen molar-refractivity contribution < 1.29 is 17.6 Å². The van der Waals surface area contributed by atoms with Crippen LogP contribution in [0.15, 0.2) is 94.7 Å². The third-order valence-electron chi connectivity index (χ3n) is 4.46. The predicted molar refractivity (Wildman–Crippen MR) is 108 cm³/mol. The minimum Gasteiger partial charge on any atom is -0.204 e. The fourth-order valence-corrected chi connectivity index (χ4v) is 4.16. The predicted octanol–water partition coefficient (Wildman–Crippen LogP) is 7.73. The number of benzene rings is 4. The minimum atomic E-state index is -0.913. The maximum Gasteiger partial charge on any atom is 0.159 e. The molecule has 0 unspecified atom stereocenters. The van der Waals surface area contributed by atoms with Crippen LogP contribution in [-0.2, 0) is 0 Å². The molecule has 0 aromatic heterocycles. The summed E-state index contributed by atoms with van der Waals surface area (Å²) in [6.45, 7) is 0. The summed E-state index contributed by atoms with van der Waals surface area (Å²) >= 11 is 1.42. The van der Waals surface area contributed by atoms with Crippen molar-refractivity contribution in [1.82, 2.24) is 0 Å². The van der Waals surface area contributed by atoms with Gasteiger partial charge in [-0.15, -0.1) is 0 Å². The Morgan fingerprint density at radius 3 is 1.28 bits per heavy atom. The number of hydrogen-bond acceptors (Lipinski definition) is 1. The Kier molecular flexibility index (Phi) is 5.41. The Balaban J connectivity index is 1.76. The summed E-state index contributed by atoms with van der Waals surface area (Å²) in [7, 11) is 0. The van der Waals surface area contributed by atoms with Crippen molar-refractivity contribution in [2.45, 2.75) is 9.79 Å². The second-order valence-electron chi connectivity index (χ2n) is 6.35. The van der Waals surface area contributed by atoms with Gasteiger partial charge >= 0.3 is 0 Å². The van der Waals surface area contributed by atoms with Crippen LogP contribution < -0.4 is 0 Å². The molecule has 5 heteroatoms. The van der Waals surface area contributed by atoms with E-state index in [-0.39, 0.29) is 0 Å². The van der Waals surface area contributed by atoms with E-state index in [9.17, 15) is 17.6 Å². The number of hydrogen-bond donors (Lipinski definition) is 0. The van der Waals surface area contributed by atoms with E-state index in [0.717, 1.165) is 45.2 Å². The lowest BCUT2D eigenvalue weighted by Gasteiger charge is -2.13. The minimum absolute atomic E-state index is 0.553. The van der Waals surface area contributed by atoms with Gasteiger partial charge in [0.1, 0.15) is 0 Å². The summed E-state index contributed by atoms with van der Waals surface area (Å²) in [5.74, 6) is -3.63. The van der Waals surface area contributed by atoms with Crippen LogP contribution in [0.25, 0.3) is 22.3 Å². The van der Waals surface area contributed by atoms with Crippen LogP contribution in [0.1, 0.15) is 0 Å². The maximum absolute atomic E-state index is 13.7. The van der Waals surface area contributed by atoms with Crippen molar-refractivity contribution in [2.24, 2.45) is 0 Å². The second kappa shape index (κ2) is 8.13. The van der Waals surface area contributed by atoms with E-state index in [1.54, 1.807) is 0 Å². The van der Waals surface area contributed by atoms with Gasteiger partial charge in [-0.1, -0.05) is 60.3 Å². The number of rotatable bonds is 4. The fraction of sp³-hybridized carbons (Fsp3) is 0. The number of halogens is 4. The third kappa shape index (κ3) is 4.05. The van der Waals surface area contributed by atoms with Crippen molar-refractivity contribution in [2.75, 3.05) is 0 Å². The topological polar surface area (TPSA) is 0 Å². The zero-order valence-corrected chi connectivity index (χ0v) is 15.8. The van der Waals surface area contributed by atoms with E-state index >= 15 is 0 Å². The normalized spacial score (nSPS) is 10.9. The summed E-state index contributed by atoms with van der Waals surface area (Å²) < 4.78 is 54.1. The highest BCUT2D eigenvalue weighted by atomic mass is 32.2. The Labute approximate surface area is 169 Å². The Morgan fingerprint density at radius 1 is 0.448 bits per heavy atom. The molecule has 0 heterocycles. The van der Waals surface area contributed by atoms with Crippen LogP contribution in [0.4, 0.5) is 17.6 Å². The first kappa shape index (κ1) is 19.3. The summed E-state index contributed by atoms with van der Waals surface area (Å²) in [6.07, 6.45) is 0. The van der Waals surface area contributed by atoms with Crippen molar-refractivity contribution in [3.05, 3.63) is 108 Å². The van der Waals surface area contributed by atoms with E-state index in [1.807, 2.05) is 48.5 Å².